The van der Waals surface area contributed by atoms with Gasteiger partial charge < -0.3 is 14.5 Å². The van der Waals surface area contributed by atoms with Crippen LogP contribution in [0.2, 0.25) is 0 Å². The molecule has 152 valence electrons. The molecule has 0 atom stereocenters. The van der Waals surface area contributed by atoms with Crippen molar-refractivity contribution in [2.75, 3.05) is 13.7 Å². The van der Waals surface area contributed by atoms with Gasteiger partial charge in [0.05, 0.1) is 19.4 Å². The zero-order valence-electron chi connectivity index (χ0n) is 17.0. The third-order valence-electron chi connectivity index (χ3n) is 5.18. The number of carbonyl (C=O) groups excluding carboxylic acids is 2. The highest BCUT2D eigenvalue weighted by Gasteiger charge is 2.19. The first-order chi connectivity index (χ1) is 14.6. The van der Waals surface area contributed by atoms with Crippen LogP contribution in [0.25, 0.3) is 21.7 Å². The van der Waals surface area contributed by atoms with Crippen molar-refractivity contribution < 1.29 is 19.1 Å². The molecule has 0 amide bonds. The summed E-state index contributed by atoms with van der Waals surface area (Å²) < 4.78 is 10.6. The Hall–Kier alpha value is -3.60. The second-order valence-corrected chi connectivity index (χ2v) is 7.16. The lowest BCUT2D eigenvalue weighted by atomic mass is 10.0. The van der Waals surface area contributed by atoms with Crippen molar-refractivity contribution in [3.05, 3.63) is 77.5 Å². The number of unbranched alkanes of at least 4 members (excludes halogenated alkanes) is 1. The third kappa shape index (κ3) is 3.66. The summed E-state index contributed by atoms with van der Waals surface area (Å²) in [5.41, 5.74) is 2.01. The number of ketones is 1. The first kappa shape index (κ1) is 19.7. The number of esters is 1. The summed E-state index contributed by atoms with van der Waals surface area (Å²) in [6.45, 7) is 2.57. The normalized spacial score (nSPS) is 11.0. The maximum absolute atomic E-state index is 13.2. The van der Waals surface area contributed by atoms with Crippen LogP contribution < -0.4 is 4.74 Å². The molecule has 0 radical (unpaired) electrons. The van der Waals surface area contributed by atoms with Gasteiger partial charge in [0.15, 0.2) is 0 Å². The summed E-state index contributed by atoms with van der Waals surface area (Å²) in [6, 6.07) is 18.8. The topological polar surface area (TPSA) is 68.4 Å². The number of ether oxygens (including phenoxy) is 2. The van der Waals surface area contributed by atoms with Crippen molar-refractivity contribution in [3.63, 3.8) is 0 Å². The van der Waals surface area contributed by atoms with Crippen molar-refractivity contribution in [1.29, 1.82) is 0 Å². The molecule has 0 aliphatic heterocycles. The molecule has 4 rings (SSSR count). The number of benzene rings is 3. The van der Waals surface area contributed by atoms with Crippen LogP contribution in [-0.4, -0.2) is 30.5 Å². The molecule has 0 fully saturated rings. The summed E-state index contributed by atoms with van der Waals surface area (Å²) >= 11 is 0. The van der Waals surface area contributed by atoms with E-state index in [2.05, 4.69) is 11.9 Å². The number of fused-ring (bicyclic) bond motifs is 3. The molecule has 0 aliphatic carbocycles. The molecule has 0 bridgehead atoms. The van der Waals surface area contributed by atoms with E-state index < -0.39 is 5.97 Å². The fourth-order valence-corrected chi connectivity index (χ4v) is 3.56. The van der Waals surface area contributed by atoms with Gasteiger partial charge in [0.25, 0.3) is 0 Å². The number of H-pyrrole nitrogens is 1. The molecule has 1 heterocycles. The smallest absolute Gasteiger partial charge is 0.341 e. The van der Waals surface area contributed by atoms with Crippen molar-refractivity contribution in [1.82, 2.24) is 4.98 Å². The van der Waals surface area contributed by atoms with E-state index in [1.54, 1.807) is 18.2 Å². The summed E-state index contributed by atoms with van der Waals surface area (Å²) in [4.78, 5) is 28.6. The van der Waals surface area contributed by atoms with Crippen LogP contribution >= 0.6 is 0 Å². The number of hydrogen-bond acceptors (Lipinski definition) is 4. The second kappa shape index (κ2) is 8.41. The lowest BCUT2D eigenvalue weighted by molar-refractivity contribution is 0.0596. The van der Waals surface area contributed by atoms with Gasteiger partial charge in [0.2, 0.25) is 5.78 Å². The van der Waals surface area contributed by atoms with Gasteiger partial charge in [-0.3, -0.25) is 4.79 Å². The van der Waals surface area contributed by atoms with E-state index in [9.17, 15) is 9.59 Å². The van der Waals surface area contributed by atoms with Gasteiger partial charge in [-0.05, 0) is 47.5 Å². The van der Waals surface area contributed by atoms with Crippen LogP contribution in [0.3, 0.4) is 0 Å². The van der Waals surface area contributed by atoms with Gasteiger partial charge >= 0.3 is 5.97 Å². The van der Waals surface area contributed by atoms with E-state index >= 15 is 0 Å². The molecule has 0 unspecified atom stereocenters. The van der Waals surface area contributed by atoms with Gasteiger partial charge in [0.1, 0.15) is 11.3 Å². The van der Waals surface area contributed by atoms with Crippen LogP contribution in [-0.2, 0) is 4.74 Å². The molecule has 1 N–H and O–H groups in total. The molecule has 30 heavy (non-hydrogen) atoms. The second-order valence-electron chi connectivity index (χ2n) is 7.16. The van der Waals surface area contributed by atoms with Crippen LogP contribution in [0.4, 0.5) is 0 Å². The maximum Gasteiger partial charge on any atom is 0.341 e. The number of methoxy groups -OCH3 is 1. The Morgan fingerprint density at radius 1 is 0.967 bits per heavy atom. The van der Waals surface area contributed by atoms with Crippen LogP contribution in [0.1, 0.15) is 46.2 Å². The Kier molecular flexibility index (Phi) is 5.53. The van der Waals surface area contributed by atoms with E-state index in [1.807, 2.05) is 42.5 Å². The molecule has 1 aromatic heterocycles. The highest BCUT2D eigenvalue weighted by atomic mass is 16.5. The number of carbonyl (C=O) groups is 2. The standard InChI is InChI=1S/C25H23NO4/c1-3-4-13-30-23-12-10-17(14-20(23)25(28)29-2)24(27)22-15-19-18-8-6-5-7-16(18)9-11-21(19)26-22/h5-12,14-15,26H,3-4,13H2,1-2H3. The minimum absolute atomic E-state index is 0.194. The van der Waals surface area contributed by atoms with Gasteiger partial charge in [-0.15, -0.1) is 0 Å². The highest BCUT2D eigenvalue weighted by molar-refractivity contribution is 6.14. The number of nitrogens with one attached hydrogen (secondary N) is 1. The molecular weight excluding hydrogens is 378 g/mol. The molecule has 3 aromatic carbocycles. The molecule has 0 saturated carbocycles. The fraction of sp³-hybridized carbons (Fsp3) is 0.200. The van der Waals surface area contributed by atoms with Gasteiger partial charge in [0, 0.05) is 16.5 Å². The van der Waals surface area contributed by atoms with E-state index in [1.165, 1.54) is 7.11 Å². The van der Waals surface area contributed by atoms with E-state index in [0.717, 1.165) is 34.5 Å². The zero-order valence-corrected chi connectivity index (χ0v) is 17.0. The van der Waals surface area contributed by atoms with Gasteiger partial charge in [-0.2, -0.15) is 0 Å². The molecule has 0 spiro atoms. The average molecular weight is 401 g/mol. The Labute approximate surface area is 174 Å². The summed E-state index contributed by atoms with van der Waals surface area (Å²) in [7, 11) is 1.31. The van der Waals surface area contributed by atoms with Crippen LogP contribution in [0.15, 0.2) is 60.7 Å². The summed E-state index contributed by atoms with van der Waals surface area (Å²) in [5, 5.41) is 3.19. The fourth-order valence-electron chi connectivity index (χ4n) is 3.56. The molecule has 5 heteroatoms. The predicted octanol–water partition coefficient (Wildman–Crippen LogP) is 5.52. The van der Waals surface area contributed by atoms with Crippen molar-refractivity contribution in [2.45, 2.75) is 19.8 Å². The molecular formula is C25H23NO4. The number of hydrogen-bond donors (Lipinski definition) is 1. The molecule has 0 saturated heterocycles. The summed E-state index contributed by atoms with van der Waals surface area (Å²) in [6.07, 6.45) is 1.86. The average Bonchev–Trinajstić information content (AvgIpc) is 3.23. The van der Waals surface area contributed by atoms with Gasteiger partial charge in [-0.25, -0.2) is 4.79 Å². The lowest BCUT2D eigenvalue weighted by Crippen LogP contribution is -2.09. The van der Waals surface area contributed by atoms with Crippen LogP contribution in [0, 0.1) is 0 Å². The zero-order chi connectivity index (χ0) is 21.1. The Balaban J connectivity index is 1.72. The maximum atomic E-state index is 13.2. The number of aromatic amines is 1. The third-order valence-corrected chi connectivity index (χ3v) is 5.18. The highest BCUT2D eigenvalue weighted by Crippen LogP contribution is 2.28. The van der Waals surface area contributed by atoms with Crippen molar-refractivity contribution in [3.8, 4) is 5.75 Å². The Morgan fingerprint density at radius 3 is 2.60 bits per heavy atom. The van der Waals surface area contributed by atoms with Crippen molar-refractivity contribution in [2.24, 2.45) is 0 Å². The Bertz CT molecular complexity index is 1240. The predicted molar refractivity (Wildman–Crippen MR) is 117 cm³/mol. The Morgan fingerprint density at radius 2 is 1.80 bits per heavy atom. The number of rotatable bonds is 7. The lowest BCUT2D eigenvalue weighted by Gasteiger charge is -2.11. The first-order valence-corrected chi connectivity index (χ1v) is 10.0. The van der Waals surface area contributed by atoms with Crippen LogP contribution in [0.5, 0.6) is 5.75 Å². The largest absolute Gasteiger partial charge is 0.493 e. The molecule has 5 nitrogen and oxygen atoms in total. The minimum Gasteiger partial charge on any atom is -0.493 e. The monoisotopic (exact) mass is 401 g/mol. The first-order valence-electron chi connectivity index (χ1n) is 10.0. The van der Waals surface area contributed by atoms with E-state index in [0.29, 0.717) is 23.6 Å². The van der Waals surface area contributed by atoms with E-state index in [4.69, 9.17) is 9.47 Å². The van der Waals surface area contributed by atoms with Gasteiger partial charge in [-0.1, -0.05) is 43.7 Å². The molecule has 4 aromatic rings. The SMILES string of the molecule is CCCCOc1ccc(C(=O)c2cc3c(ccc4ccccc43)[nH]2)cc1C(=O)OC. The molecule has 0 aliphatic rings. The summed E-state index contributed by atoms with van der Waals surface area (Å²) in [5.74, 6) is -0.297. The van der Waals surface area contributed by atoms with Crippen molar-refractivity contribution >= 4 is 33.4 Å². The minimum atomic E-state index is -0.529. The van der Waals surface area contributed by atoms with E-state index in [-0.39, 0.29) is 11.3 Å². The quantitative estimate of drug-likeness (QED) is 0.252. The number of aromatic nitrogens is 1.